The number of nitrogens with zero attached hydrogens (tertiary/aromatic N) is 1. The molecule has 1 amide bonds. The number of benzene rings is 2. The summed E-state index contributed by atoms with van der Waals surface area (Å²) >= 11 is 7.32. The summed E-state index contributed by atoms with van der Waals surface area (Å²) in [5.41, 5.74) is 2.24. The number of sulfone groups is 1. The number of carbonyl (C=O) groups excluding carboxylic acids is 1. The average Bonchev–Trinajstić information content (AvgIpc) is 3.13. The van der Waals surface area contributed by atoms with Gasteiger partial charge in [0.15, 0.2) is 15.0 Å². The van der Waals surface area contributed by atoms with Crippen molar-refractivity contribution in [2.45, 2.75) is 17.8 Å². The van der Waals surface area contributed by atoms with E-state index in [4.69, 9.17) is 11.6 Å². The largest absolute Gasteiger partial charge is 0.348 e. The number of hydrogen-bond acceptors (Lipinski definition) is 6. The van der Waals surface area contributed by atoms with E-state index in [1.807, 2.05) is 18.2 Å². The fourth-order valence-corrected chi connectivity index (χ4v) is 6.97. The number of rotatable bonds is 4. The van der Waals surface area contributed by atoms with E-state index in [1.54, 1.807) is 30.3 Å². The van der Waals surface area contributed by atoms with Crippen LogP contribution in [-0.2, 0) is 16.4 Å². The summed E-state index contributed by atoms with van der Waals surface area (Å²) in [6.45, 7) is 0.411. The maximum Gasteiger partial charge on any atom is 0.251 e. The Labute approximate surface area is 172 Å². The first-order chi connectivity index (χ1) is 13.4. The SMILES string of the molecule is O=C(NCc1ccc(Cl)cc1)c1cccc(NC2=N[C@H]3CS(=O)(=O)C[C@H]3S2)c1. The molecule has 0 aliphatic carbocycles. The number of amidine groups is 1. The second kappa shape index (κ2) is 7.77. The molecule has 2 heterocycles. The van der Waals surface area contributed by atoms with Crippen molar-refractivity contribution in [2.24, 2.45) is 4.99 Å². The highest BCUT2D eigenvalue weighted by Crippen LogP contribution is 2.34. The van der Waals surface area contributed by atoms with Gasteiger partial charge in [-0.25, -0.2) is 8.42 Å². The van der Waals surface area contributed by atoms with Gasteiger partial charge in [0.05, 0.1) is 17.5 Å². The van der Waals surface area contributed by atoms with Crippen molar-refractivity contribution in [2.75, 3.05) is 16.8 Å². The van der Waals surface area contributed by atoms with Crippen LogP contribution < -0.4 is 10.6 Å². The lowest BCUT2D eigenvalue weighted by molar-refractivity contribution is 0.0951. The minimum atomic E-state index is -2.97. The lowest BCUT2D eigenvalue weighted by Gasteiger charge is -2.09. The Morgan fingerprint density at radius 1 is 1.18 bits per heavy atom. The molecule has 6 nitrogen and oxygen atoms in total. The van der Waals surface area contributed by atoms with E-state index in [2.05, 4.69) is 15.6 Å². The smallest absolute Gasteiger partial charge is 0.251 e. The van der Waals surface area contributed by atoms with Crippen molar-refractivity contribution in [3.8, 4) is 0 Å². The summed E-state index contributed by atoms with van der Waals surface area (Å²) in [6, 6.07) is 14.3. The first-order valence-electron chi connectivity index (χ1n) is 8.73. The minimum absolute atomic E-state index is 0.0154. The van der Waals surface area contributed by atoms with Crippen molar-refractivity contribution < 1.29 is 13.2 Å². The number of halogens is 1. The van der Waals surface area contributed by atoms with Gasteiger partial charge in [-0.3, -0.25) is 9.79 Å². The van der Waals surface area contributed by atoms with Crippen molar-refractivity contribution in [1.82, 2.24) is 5.32 Å². The van der Waals surface area contributed by atoms with Crippen molar-refractivity contribution in [3.63, 3.8) is 0 Å². The number of thioether (sulfide) groups is 1. The molecule has 0 aromatic heterocycles. The second-order valence-corrected chi connectivity index (χ2v) is 10.6. The molecule has 4 rings (SSSR count). The van der Waals surface area contributed by atoms with Gasteiger partial charge in [-0.05, 0) is 35.9 Å². The van der Waals surface area contributed by atoms with E-state index in [0.717, 1.165) is 11.3 Å². The fourth-order valence-electron chi connectivity index (χ4n) is 3.16. The van der Waals surface area contributed by atoms with Gasteiger partial charge in [-0.2, -0.15) is 0 Å². The van der Waals surface area contributed by atoms with Crippen LogP contribution >= 0.6 is 23.4 Å². The molecule has 0 unspecified atom stereocenters. The third-order valence-corrected chi connectivity index (χ3v) is 7.95. The lowest BCUT2D eigenvalue weighted by atomic mass is 10.1. The van der Waals surface area contributed by atoms with Gasteiger partial charge in [-0.1, -0.05) is 41.6 Å². The molecule has 2 aliphatic rings. The van der Waals surface area contributed by atoms with E-state index >= 15 is 0 Å². The Bertz CT molecular complexity index is 1040. The molecular formula is C19H18ClN3O3S2. The summed E-state index contributed by atoms with van der Waals surface area (Å²) < 4.78 is 23.3. The van der Waals surface area contributed by atoms with Gasteiger partial charge >= 0.3 is 0 Å². The summed E-state index contributed by atoms with van der Waals surface area (Å²) in [6.07, 6.45) is 0. The molecule has 2 N–H and O–H groups in total. The molecule has 0 radical (unpaired) electrons. The Morgan fingerprint density at radius 3 is 2.71 bits per heavy atom. The third kappa shape index (κ3) is 4.51. The Hall–Kier alpha value is -2.03. The highest BCUT2D eigenvalue weighted by molar-refractivity contribution is 8.15. The molecule has 9 heteroatoms. The maximum absolute atomic E-state index is 12.4. The molecule has 0 spiro atoms. The number of aliphatic imine (C=N–C) groups is 1. The molecule has 0 saturated carbocycles. The van der Waals surface area contributed by atoms with Crippen LogP contribution in [0.25, 0.3) is 0 Å². The van der Waals surface area contributed by atoms with Crippen LogP contribution in [0.5, 0.6) is 0 Å². The van der Waals surface area contributed by atoms with Crippen LogP contribution in [0.2, 0.25) is 5.02 Å². The highest BCUT2D eigenvalue weighted by Gasteiger charge is 2.42. The summed E-state index contributed by atoms with van der Waals surface area (Å²) in [4.78, 5) is 16.9. The van der Waals surface area contributed by atoms with Gasteiger partial charge < -0.3 is 10.6 Å². The fraction of sp³-hybridized carbons (Fsp3) is 0.263. The normalized spacial score (nSPS) is 22.4. The summed E-state index contributed by atoms with van der Waals surface area (Å²) in [5.74, 6) is 0.107. The third-order valence-electron chi connectivity index (χ3n) is 4.56. The molecule has 1 saturated heterocycles. The molecule has 1 fully saturated rings. The number of carbonyl (C=O) groups is 1. The topological polar surface area (TPSA) is 87.6 Å². The van der Waals surface area contributed by atoms with Gasteiger partial charge in [0, 0.05) is 28.1 Å². The predicted octanol–water partition coefficient (Wildman–Crippen LogP) is 2.95. The van der Waals surface area contributed by atoms with Crippen LogP contribution in [0, 0.1) is 0 Å². The monoisotopic (exact) mass is 435 g/mol. The van der Waals surface area contributed by atoms with E-state index in [0.29, 0.717) is 22.3 Å². The zero-order chi connectivity index (χ0) is 19.7. The van der Waals surface area contributed by atoms with Crippen molar-refractivity contribution in [1.29, 1.82) is 0 Å². The zero-order valence-electron chi connectivity index (χ0n) is 14.8. The van der Waals surface area contributed by atoms with Crippen molar-refractivity contribution in [3.05, 3.63) is 64.7 Å². The Morgan fingerprint density at radius 2 is 1.96 bits per heavy atom. The Kier molecular flexibility index (Phi) is 5.35. The van der Waals surface area contributed by atoms with E-state index in [9.17, 15) is 13.2 Å². The van der Waals surface area contributed by atoms with Gasteiger partial charge in [-0.15, -0.1) is 0 Å². The molecule has 0 bridgehead atoms. The molecule has 28 heavy (non-hydrogen) atoms. The van der Waals surface area contributed by atoms with Crippen molar-refractivity contribution >= 4 is 50.0 Å². The molecule has 2 aromatic rings. The quantitative estimate of drug-likeness (QED) is 0.770. The van der Waals surface area contributed by atoms with Crippen LogP contribution in [0.15, 0.2) is 53.5 Å². The maximum atomic E-state index is 12.4. The molecule has 146 valence electrons. The second-order valence-electron chi connectivity index (χ2n) is 6.75. The van der Waals surface area contributed by atoms with Gasteiger partial charge in [0.1, 0.15) is 0 Å². The van der Waals surface area contributed by atoms with E-state index < -0.39 is 9.84 Å². The lowest BCUT2D eigenvalue weighted by Crippen LogP contribution is -2.22. The number of hydrogen-bond donors (Lipinski definition) is 2. The molecule has 2 aromatic carbocycles. The number of amides is 1. The van der Waals surface area contributed by atoms with Crippen LogP contribution in [-0.4, -0.2) is 42.3 Å². The van der Waals surface area contributed by atoms with E-state index in [1.165, 1.54) is 11.8 Å². The minimum Gasteiger partial charge on any atom is -0.348 e. The standard InChI is InChI=1S/C19H18ClN3O3S2/c20-14-6-4-12(5-7-14)9-21-18(24)13-2-1-3-15(8-13)22-19-23-16-10-28(25,26)11-17(16)27-19/h1-8,16-17H,9-11H2,(H,21,24)(H,22,23)/t16-,17+/m0/s1. The van der Waals surface area contributed by atoms with Gasteiger partial charge in [0.25, 0.3) is 5.91 Å². The molecule has 2 atom stereocenters. The number of anilines is 1. The number of fused-ring (bicyclic) bond motifs is 1. The van der Waals surface area contributed by atoms with Gasteiger partial charge in [0.2, 0.25) is 0 Å². The molecule has 2 aliphatic heterocycles. The summed E-state index contributed by atoms with van der Waals surface area (Å²) in [5, 5.41) is 7.42. The predicted molar refractivity (Wildman–Crippen MR) is 114 cm³/mol. The summed E-state index contributed by atoms with van der Waals surface area (Å²) in [7, 11) is -2.97. The van der Waals surface area contributed by atoms with Crippen LogP contribution in [0.1, 0.15) is 15.9 Å². The first-order valence-corrected chi connectivity index (χ1v) is 11.8. The molecular weight excluding hydrogens is 418 g/mol. The number of nitrogens with one attached hydrogen (secondary N) is 2. The average molecular weight is 436 g/mol. The van der Waals surface area contributed by atoms with Crippen LogP contribution in [0.4, 0.5) is 5.69 Å². The zero-order valence-corrected chi connectivity index (χ0v) is 17.2. The highest BCUT2D eigenvalue weighted by atomic mass is 35.5. The van der Waals surface area contributed by atoms with E-state index in [-0.39, 0.29) is 28.7 Å². The Balaban J connectivity index is 1.38. The first kappa shape index (κ1) is 19.3. The van der Waals surface area contributed by atoms with Crippen LogP contribution in [0.3, 0.4) is 0 Å².